The first-order valence-corrected chi connectivity index (χ1v) is 17.6. The summed E-state index contributed by atoms with van der Waals surface area (Å²) in [6.07, 6.45) is 6.55. The van der Waals surface area contributed by atoms with Crippen molar-refractivity contribution in [2.45, 2.75) is 63.0 Å². The van der Waals surface area contributed by atoms with Gasteiger partial charge in [0.1, 0.15) is 23.7 Å². The highest BCUT2D eigenvalue weighted by Crippen LogP contribution is 2.56. The number of nitrogens with one attached hydrogen (secondary N) is 1. The van der Waals surface area contributed by atoms with Crippen molar-refractivity contribution in [3.8, 4) is 0 Å². The molecule has 7 atom stereocenters. The first-order valence-electron chi connectivity index (χ1n) is 17.6. The van der Waals surface area contributed by atoms with E-state index in [4.69, 9.17) is 9.47 Å². The van der Waals surface area contributed by atoms with Gasteiger partial charge in [0.25, 0.3) is 5.91 Å². The van der Waals surface area contributed by atoms with Crippen LogP contribution in [0.3, 0.4) is 0 Å². The fourth-order valence-electron chi connectivity index (χ4n) is 8.07. The molecule has 0 radical (unpaired) electrons. The van der Waals surface area contributed by atoms with Gasteiger partial charge in [-0.05, 0) is 55.0 Å². The Hall–Kier alpha value is -5.06. The quantitative estimate of drug-likeness (QED) is 0.295. The summed E-state index contributed by atoms with van der Waals surface area (Å²) in [5.41, 5.74) is 2.59. The van der Waals surface area contributed by atoms with E-state index in [9.17, 15) is 19.5 Å². The van der Waals surface area contributed by atoms with Gasteiger partial charge in [0.2, 0.25) is 11.8 Å². The predicted octanol–water partition coefficient (Wildman–Crippen LogP) is 4.14. The molecule has 3 amide bonds. The molecule has 0 aliphatic carbocycles. The lowest BCUT2D eigenvalue weighted by molar-refractivity contribution is -0.160. The Balaban J connectivity index is 1.35. The maximum atomic E-state index is 15.3. The number of hydrogen-bond acceptors (Lipinski definition) is 7. The Kier molecular flexibility index (Phi) is 9.63. The molecule has 10 heteroatoms. The maximum absolute atomic E-state index is 15.3. The van der Waals surface area contributed by atoms with Crippen LogP contribution in [0.5, 0.6) is 0 Å². The molecular formula is C41H43N3O7. The minimum absolute atomic E-state index is 0.0491. The summed E-state index contributed by atoms with van der Waals surface area (Å²) < 4.78 is 12.8. The lowest BCUT2D eigenvalue weighted by Gasteiger charge is -2.39. The molecule has 3 aromatic carbocycles. The summed E-state index contributed by atoms with van der Waals surface area (Å²) in [6.45, 7) is 3.69. The predicted molar refractivity (Wildman–Crippen MR) is 190 cm³/mol. The van der Waals surface area contributed by atoms with Crippen LogP contribution in [0, 0.1) is 25.7 Å². The highest BCUT2D eigenvalue weighted by Gasteiger charge is 2.74. The number of aryl methyl sites for hydroxylation is 2. The molecule has 2 fully saturated rings. The zero-order valence-electron chi connectivity index (χ0n) is 28.8. The van der Waals surface area contributed by atoms with E-state index in [-0.39, 0.29) is 37.7 Å². The van der Waals surface area contributed by atoms with E-state index in [2.05, 4.69) is 5.32 Å². The standard InChI is InChI=1S/C41H43N3O7/c1-26-17-18-27(2)31(22-26)43-21-11-5-10-16-34(46)42-24-33(29-14-8-4-9-15-29)50-40(49)35-32-19-20-41(51-32)36(35)38(47)44(37(41)39(43)48)30(25-45)23-28-12-6-3-7-13-28/h3-9,11-15,17-20,22,30,32-33,35-37,45H,10,16,21,23-25H2,1-2H3,(H,42,46)/b11-5-/t30-,32-,33-,35+,36+,37-,41+/m1/s1. The Morgan fingerprint density at radius 3 is 2.43 bits per heavy atom. The first kappa shape index (κ1) is 34.4. The van der Waals surface area contributed by atoms with Crippen LogP contribution in [0.1, 0.15) is 41.2 Å². The number of aliphatic hydroxyl groups is 1. The number of amides is 3. The van der Waals surface area contributed by atoms with E-state index in [1.807, 2.05) is 105 Å². The minimum Gasteiger partial charge on any atom is -0.455 e. The number of rotatable bonds is 6. The van der Waals surface area contributed by atoms with Gasteiger partial charge in [-0.25, -0.2) is 0 Å². The van der Waals surface area contributed by atoms with Crippen LogP contribution in [-0.2, 0) is 35.1 Å². The maximum Gasteiger partial charge on any atom is 0.313 e. The number of hydrogen-bond donors (Lipinski definition) is 2. The molecule has 10 nitrogen and oxygen atoms in total. The smallest absolute Gasteiger partial charge is 0.313 e. The second-order valence-electron chi connectivity index (χ2n) is 13.9. The normalized spacial score (nSPS) is 29.1. The average molecular weight is 690 g/mol. The molecule has 4 aliphatic heterocycles. The third kappa shape index (κ3) is 6.38. The SMILES string of the molecule is Cc1ccc(C)c(N2C/C=C\CCC(=O)NC[C@H](c3ccccc3)OC(=O)[C@@H]3[C@H]4C(=O)N([C@@H](CO)Cc5ccccc5)[C@H](C2=O)[C@]42C=C[C@H]3O2)c1. The number of nitrogens with zero attached hydrogens (tertiary/aromatic N) is 2. The van der Waals surface area contributed by atoms with Crippen LogP contribution < -0.4 is 10.2 Å². The Bertz CT molecular complexity index is 1860. The lowest BCUT2D eigenvalue weighted by atomic mass is 9.74. The van der Waals surface area contributed by atoms with E-state index in [0.717, 1.165) is 16.7 Å². The number of cyclic esters (lactones) is 1. The number of fused-ring (bicyclic) bond motifs is 2. The number of likely N-dealkylation sites (tertiary alicyclic amines) is 1. The molecule has 2 N–H and O–H groups in total. The average Bonchev–Trinajstić information content (AvgIpc) is 3.79. The summed E-state index contributed by atoms with van der Waals surface area (Å²) in [7, 11) is 0. The van der Waals surface area contributed by atoms with Crippen molar-refractivity contribution in [3.63, 3.8) is 0 Å². The topological polar surface area (TPSA) is 125 Å². The van der Waals surface area contributed by atoms with Crippen molar-refractivity contribution in [1.29, 1.82) is 0 Å². The third-order valence-electron chi connectivity index (χ3n) is 10.6. The summed E-state index contributed by atoms with van der Waals surface area (Å²) in [4.78, 5) is 60.6. The van der Waals surface area contributed by atoms with Gasteiger partial charge in [-0.15, -0.1) is 0 Å². The Morgan fingerprint density at radius 2 is 1.69 bits per heavy atom. The van der Waals surface area contributed by atoms with Gasteiger partial charge in [0.15, 0.2) is 0 Å². The van der Waals surface area contributed by atoms with Gasteiger partial charge in [0, 0.05) is 18.7 Å². The van der Waals surface area contributed by atoms with Gasteiger partial charge in [-0.2, -0.15) is 0 Å². The second kappa shape index (κ2) is 14.3. The number of carbonyl (C=O) groups is 4. The zero-order valence-corrected chi connectivity index (χ0v) is 28.8. The van der Waals surface area contributed by atoms with Crippen LogP contribution in [0.2, 0.25) is 0 Å². The van der Waals surface area contributed by atoms with Crippen molar-refractivity contribution in [3.05, 3.63) is 125 Å². The van der Waals surface area contributed by atoms with Crippen molar-refractivity contribution in [2.24, 2.45) is 11.8 Å². The van der Waals surface area contributed by atoms with Crippen molar-refractivity contribution >= 4 is 29.4 Å². The van der Waals surface area contributed by atoms with Crippen molar-refractivity contribution in [1.82, 2.24) is 10.2 Å². The van der Waals surface area contributed by atoms with Gasteiger partial charge in [-0.3, -0.25) is 19.2 Å². The molecule has 4 aliphatic rings. The fourth-order valence-corrected chi connectivity index (χ4v) is 8.07. The molecule has 0 unspecified atom stereocenters. The van der Waals surface area contributed by atoms with Gasteiger partial charge in [0.05, 0.1) is 31.2 Å². The summed E-state index contributed by atoms with van der Waals surface area (Å²) in [6, 6.07) is 22.6. The first-order chi connectivity index (χ1) is 24.7. The van der Waals surface area contributed by atoms with E-state index in [1.54, 1.807) is 17.1 Å². The van der Waals surface area contributed by atoms with Crippen molar-refractivity contribution < 1.29 is 33.8 Å². The Labute approximate surface area is 297 Å². The molecule has 264 valence electrons. The molecule has 0 saturated carbocycles. The van der Waals surface area contributed by atoms with E-state index >= 15 is 4.79 Å². The monoisotopic (exact) mass is 689 g/mol. The molecule has 2 saturated heterocycles. The van der Waals surface area contributed by atoms with Crippen LogP contribution in [0.15, 0.2) is 103 Å². The highest BCUT2D eigenvalue weighted by atomic mass is 16.6. The number of ether oxygens (including phenoxy) is 2. The summed E-state index contributed by atoms with van der Waals surface area (Å²) in [5.74, 6) is -3.81. The van der Waals surface area contributed by atoms with E-state index < -0.39 is 60.2 Å². The van der Waals surface area contributed by atoms with Crippen molar-refractivity contribution in [2.75, 3.05) is 24.6 Å². The highest BCUT2D eigenvalue weighted by molar-refractivity contribution is 6.06. The van der Waals surface area contributed by atoms with Crippen LogP contribution >= 0.6 is 0 Å². The van der Waals surface area contributed by atoms with Gasteiger partial charge < -0.3 is 29.7 Å². The summed E-state index contributed by atoms with van der Waals surface area (Å²) >= 11 is 0. The largest absolute Gasteiger partial charge is 0.455 e. The molecule has 4 heterocycles. The number of aliphatic hydroxyl groups excluding tert-OH is 1. The molecule has 1 spiro atoms. The zero-order chi connectivity index (χ0) is 35.7. The van der Waals surface area contributed by atoms with E-state index in [1.165, 1.54) is 4.90 Å². The molecule has 51 heavy (non-hydrogen) atoms. The van der Waals surface area contributed by atoms with Crippen LogP contribution in [0.25, 0.3) is 0 Å². The van der Waals surface area contributed by atoms with Gasteiger partial charge >= 0.3 is 5.97 Å². The molecule has 0 aromatic heterocycles. The summed E-state index contributed by atoms with van der Waals surface area (Å²) in [5, 5.41) is 13.8. The second-order valence-corrected chi connectivity index (χ2v) is 13.9. The Morgan fingerprint density at radius 1 is 0.941 bits per heavy atom. The molecule has 7 rings (SSSR count). The fraction of sp³-hybridized carbons (Fsp3) is 0.366. The van der Waals surface area contributed by atoms with E-state index in [0.29, 0.717) is 17.7 Å². The number of esters is 1. The lowest BCUT2D eigenvalue weighted by Crippen LogP contribution is -2.59. The number of anilines is 1. The van der Waals surface area contributed by atoms with Crippen LogP contribution in [-0.4, -0.2) is 77.2 Å². The third-order valence-corrected chi connectivity index (χ3v) is 10.6. The number of benzene rings is 3. The number of carbonyl (C=O) groups excluding carboxylic acids is 4. The van der Waals surface area contributed by atoms with Gasteiger partial charge in [-0.1, -0.05) is 97.1 Å². The molecule has 5 bridgehead atoms. The number of allylic oxidation sites excluding steroid dienone is 1. The van der Waals surface area contributed by atoms with Crippen LogP contribution in [0.4, 0.5) is 5.69 Å². The molecule has 3 aromatic rings. The minimum atomic E-state index is -1.48. The molecular weight excluding hydrogens is 646 g/mol.